The lowest BCUT2D eigenvalue weighted by molar-refractivity contribution is -0.117. The summed E-state index contributed by atoms with van der Waals surface area (Å²) < 4.78 is 28.6. The van der Waals surface area contributed by atoms with E-state index >= 15 is 0 Å². The molecule has 26 heavy (non-hydrogen) atoms. The SMILES string of the molecule is Cc1sc(NC(=O)CN(C)Cc2ccc(OC(F)F)cc2)c(C#N)c1C. The Morgan fingerprint density at radius 2 is 2.00 bits per heavy atom. The van der Waals surface area contributed by atoms with Gasteiger partial charge in [0.1, 0.15) is 16.8 Å². The van der Waals surface area contributed by atoms with Crippen molar-refractivity contribution in [1.29, 1.82) is 5.26 Å². The van der Waals surface area contributed by atoms with Crippen LogP contribution in [0, 0.1) is 25.2 Å². The second-order valence-corrected chi connectivity index (χ2v) is 7.07. The summed E-state index contributed by atoms with van der Waals surface area (Å²) in [4.78, 5) is 15.0. The number of thiophene rings is 1. The van der Waals surface area contributed by atoms with Crippen molar-refractivity contribution in [2.24, 2.45) is 0 Å². The maximum absolute atomic E-state index is 12.2. The summed E-state index contributed by atoms with van der Waals surface area (Å²) in [7, 11) is 1.78. The van der Waals surface area contributed by atoms with Crippen LogP contribution in [0.1, 0.15) is 21.6 Å². The lowest BCUT2D eigenvalue weighted by Gasteiger charge is -2.16. The van der Waals surface area contributed by atoms with E-state index in [-0.39, 0.29) is 18.2 Å². The van der Waals surface area contributed by atoms with Crippen molar-refractivity contribution in [3.05, 3.63) is 45.8 Å². The lowest BCUT2D eigenvalue weighted by atomic mass is 10.2. The molecule has 0 saturated heterocycles. The molecule has 138 valence electrons. The third-order valence-electron chi connectivity index (χ3n) is 3.76. The van der Waals surface area contributed by atoms with Gasteiger partial charge in [0.15, 0.2) is 0 Å². The number of ether oxygens (including phenoxy) is 1. The van der Waals surface area contributed by atoms with Crippen LogP contribution in [-0.2, 0) is 11.3 Å². The van der Waals surface area contributed by atoms with Crippen molar-refractivity contribution in [2.45, 2.75) is 27.0 Å². The number of amides is 1. The molecule has 0 aliphatic carbocycles. The third kappa shape index (κ3) is 5.25. The van der Waals surface area contributed by atoms with Gasteiger partial charge >= 0.3 is 6.61 Å². The van der Waals surface area contributed by atoms with Crippen molar-refractivity contribution >= 4 is 22.2 Å². The highest BCUT2D eigenvalue weighted by Crippen LogP contribution is 2.31. The monoisotopic (exact) mass is 379 g/mol. The topological polar surface area (TPSA) is 65.4 Å². The van der Waals surface area contributed by atoms with Gasteiger partial charge in [0.05, 0.1) is 12.1 Å². The molecule has 2 rings (SSSR count). The van der Waals surface area contributed by atoms with E-state index in [0.29, 0.717) is 17.1 Å². The van der Waals surface area contributed by atoms with E-state index in [1.165, 1.54) is 23.5 Å². The zero-order valence-electron chi connectivity index (χ0n) is 14.7. The number of nitrogens with zero attached hydrogens (tertiary/aromatic N) is 2. The summed E-state index contributed by atoms with van der Waals surface area (Å²) in [5, 5.41) is 12.6. The zero-order valence-corrected chi connectivity index (χ0v) is 15.5. The molecule has 0 aliphatic heterocycles. The van der Waals surface area contributed by atoms with Crippen LogP contribution in [0.2, 0.25) is 0 Å². The predicted octanol–water partition coefficient (Wildman–Crippen LogP) is 3.91. The van der Waals surface area contributed by atoms with Crippen LogP contribution < -0.4 is 10.1 Å². The Balaban J connectivity index is 1.91. The van der Waals surface area contributed by atoms with E-state index in [1.807, 2.05) is 13.8 Å². The number of benzene rings is 1. The van der Waals surface area contributed by atoms with Gasteiger partial charge in [0, 0.05) is 11.4 Å². The van der Waals surface area contributed by atoms with E-state index in [0.717, 1.165) is 16.0 Å². The Bertz CT molecular complexity index is 813. The molecule has 1 N–H and O–H groups in total. The average molecular weight is 379 g/mol. The van der Waals surface area contributed by atoms with Crippen LogP contribution in [0.25, 0.3) is 0 Å². The summed E-state index contributed by atoms with van der Waals surface area (Å²) >= 11 is 1.38. The molecule has 0 unspecified atom stereocenters. The van der Waals surface area contributed by atoms with E-state index in [2.05, 4.69) is 16.1 Å². The van der Waals surface area contributed by atoms with Crippen LogP contribution in [0.15, 0.2) is 24.3 Å². The van der Waals surface area contributed by atoms with Gasteiger partial charge in [0.2, 0.25) is 5.91 Å². The first kappa shape index (κ1) is 19.8. The van der Waals surface area contributed by atoms with Crippen molar-refractivity contribution in [3.8, 4) is 11.8 Å². The highest BCUT2D eigenvalue weighted by molar-refractivity contribution is 7.16. The van der Waals surface area contributed by atoms with Crippen LogP contribution >= 0.6 is 11.3 Å². The quantitative estimate of drug-likeness (QED) is 0.792. The van der Waals surface area contributed by atoms with Gasteiger partial charge in [-0.1, -0.05) is 12.1 Å². The van der Waals surface area contributed by atoms with E-state index in [4.69, 9.17) is 0 Å². The summed E-state index contributed by atoms with van der Waals surface area (Å²) in [6, 6.07) is 8.39. The number of carbonyl (C=O) groups is 1. The van der Waals surface area contributed by atoms with Crippen LogP contribution in [0.5, 0.6) is 5.75 Å². The summed E-state index contributed by atoms with van der Waals surface area (Å²) in [6.07, 6.45) is 0. The number of rotatable bonds is 7. The maximum atomic E-state index is 12.2. The Morgan fingerprint density at radius 1 is 1.35 bits per heavy atom. The van der Waals surface area contributed by atoms with E-state index < -0.39 is 6.61 Å². The fourth-order valence-electron chi connectivity index (χ4n) is 2.40. The maximum Gasteiger partial charge on any atom is 0.387 e. The molecule has 1 aromatic carbocycles. The van der Waals surface area contributed by atoms with Crippen LogP contribution in [0.4, 0.5) is 13.8 Å². The Hall–Kier alpha value is -2.50. The molecule has 1 heterocycles. The van der Waals surface area contributed by atoms with Crippen molar-refractivity contribution in [1.82, 2.24) is 4.90 Å². The smallest absolute Gasteiger partial charge is 0.387 e. The van der Waals surface area contributed by atoms with Crippen molar-refractivity contribution < 1.29 is 18.3 Å². The van der Waals surface area contributed by atoms with Gasteiger partial charge in [-0.2, -0.15) is 14.0 Å². The molecule has 0 radical (unpaired) electrons. The normalized spacial score (nSPS) is 10.8. The molecule has 5 nitrogen and oxygen atoms in total. The van der Waals surface area contributed by atoms with Crippen molar-refractivity contribution in [2.75, 3.05) is 18.9 Å². The van der Waals surface area contributed by atoms with Gasteiger partial charge < -0.3 is 10.1 Å². The Kier molecular flexibility index (Phi) is 6.66. The lowest BCUT2D eigenvalue weighted by Crippen LogP contribution is -2.29. The fourth-order valence-corrected chi connectivity index (χ4v) is 3.43. The molecule has 0 spiro atoms. The minimum absolute atomic E-state index is 0.0941. The molecular formula is C18H19F2N3O2S. The highest BCUT2D eigenvalue weighted by atomic mass is 32.1. The van der Waals surface area contributed by atoms with Gasteiger partial charge in [-0.3, -0.25) is 9.69 Å². The van der Waals surface area contributed by atoms with E-state index in [1.54, 1.807) is 24.1 Å². The van der Waals surface area contributed by atoms with Gasteiger partial charge in [-0.05, 0) is 44.2 Å². The zero-order chi connectivity index (χ0) is 19.3. The van der Waals surface area contributed by atoms with Gasteiger partial charge in [0.25, 0.3) is 0 Å². The first-order chi connectivity index (χ1) is 12.3. The molecule has 0 fully saturated rings. The highest BCUT2D eigenvalue weighted by Gasteiger charge is 2.15. The summed E-state index contributed by atoms with van der Waals surface area (Å²) in [5.74, 6) is -0.125. The first-order valence-electron chi connectivity index (χ1n) is 7.82. The first-order valence-corrected chi connectivity index (χ1v) is 8.64. The number of nitriles is 1. The minimum Gasteiger partial charge on any atom is -0.435 e. The molecule has 0 aliphatic rings. The molecule has 0 atom stereocenters. The van der Waals surface area contributed by atoms with Crippen LogP contribution in [0.3, 0.4) is 0 Å². The number of likely N-dealkylation sites (N-methyl/N-ethyl adjacent to an activating group) is 1. The van der Waals surface area contributed by atoms with E-state index in [9.17, 15) is 18.8 Å². The number of aryl methyl sites for hydroxylation is 1. The van der Waals surface area contributed by atoms with Crippen LogP contribution in [-0.4, -0.2) is 31.0 Å². The summed E-state index contributed by atoms with van der Waals surface area (Å²) in [6.45, 7) is 1.51. The summed E-state index contributed by atoms with van der Waals surface area (Å²) in [5.41, 5.74) is 2.24. The Morgan fingerprint density at radius 3 is 2.58 bits per heavy atom. The number of hydrogen-bond donors (Lipinski definition) is 1. The second kappa shape index (κ2) is 8.74. The number of anilines is 1. The average Bonchev–Trinajstić information content (AvgIpc) is 2.82. The number of halogens is 2. The molecule has 8 heteroatoms. The standard InChI is InChI=1S/C18H19F2N3O2S/c1-11-12(2)26-17(15(11)8-21)22-16(24)10-23(3)9-13-4-6-14(7-5-13)25-18(19)20/h4-7,18H,9-10H2,1-3H3,(H,22,24). The molecule has 1 aromatic heterocycles. The molecular weight excluding hydrogens is 360 g/mol. The third-order valence-corrected chi connectivity index (χ3v) is 4.89. The second-order valence-electron chi connectivity index (χ2n) is 5.84. The van der Waals surface area contributed by atoms with Crippen molar-refractivity contribution in [3.63, 3.8) is 0 Å². The fraction of sp³-hybridized carbons (Fsp3) is 0.333. The van der Waals surface area contributed by atoms with Gasteiger partial charge in [-0.25, -0.2) is 0 Å². The van der Waals surface area contributed by atoms with Gasteiger partial charge in [-0.15, -0.1) is 11.3 Å². The molecule has 0 bridgehead atoms. The number of nitrogens with one attached hydrogen (secondary N) is 1. The molecule has 1 amide bonds. The molecule has 0 saturated carbocycles. The number of hydrogen-bond acceptors (Lipinski definition) is 5. The largest absolute Gasteiger partial charge is 0.435 e. The number of alkyl halides is 2. The predicted molar refractivity (Wildman–Crippen MR) is 96.5 cm³/mol. The minimum atomic E-state index is -2.85. The molecule has 2 aromatic rings. The Labute approximate surface area is 154 Å². The number of carbonyl (C=O) groups excluding carboxylic acids is 1.